The van der Waals surface area contributed by atoms with Crippen molar-refractivity contribution in [3.05, 3.63) is 34.9 Å². The maximum absolute atomic E-state index is 12.4. The average Bonchev–Trinajstić information content (AvgIpc) is 2.91. The fourth-order valence-electron chi connectivity index (χ4n) is 3.75. The number of carbonyl (C=O) groups excluding carboxylic acids is 2. The largest absolute Gasteiger partial charge is 0.354 e. The van der Waals surface area contributed by atoms with Crippen molar-refractivity contribution in [1.82, 2.24) is 15.5 Å². The van der Waals surface area contributed by atoms with Crippen LogP contribution in [0.4, 0.5) is 0 Å². The second-order valence-corrected chi connectivity index (χ2v) is 7.38. The molecule has 3 rings (SSSR count). The highest BCUT2D eigenvalue weighted by molar-refractivity contribution is 6.31. The van der Waals surface area contributed by atoms with Crippen molar-refractivity contribution in [2.75, 3.05) is 19.6 Å². The van der Waals surface area contributed by atoms with E-state index in [9.17, 15) is 9.59 Å². The molecule has 136 valence electrons. The Kier molecular flexibility index (Phi) is 6.32. The molecule has 0 bridgehead atoms. The van der Waals surface area contributed by atoms with Gasteiger partial charge in [0, 0.05) is 17.6 Å². The van der Waals surface area contributed by atoms with Crippen molar-refractivity contribution in [2.24, 2.45) is 0 Å². The minimum atomic E-state index is -0.389. The summed E-state index contributed by atoms with van der Waals surface area (Å²) >= 11 is 6.27. The molecule has 0 aromatic heterocycles. The number of nitrogens with zero attached hydrogens (tertiary/aromatic N) is 1. The second kappa shape index (κ2) is 8.68. The lowest BCUT2D eigenvalue weighted by Gasteiger charge is -2.25. The van der Waals surface area contributed by atoms with Crippen molar-refractivity contribution in [3.8, 4) is 0 Å². The smallest absolute Gasteiger partial charge is 0.242 e. The van der Waals surface area contributed by atoms with Crippen molar-refractivity contribution in [2.45, 2.75) is 50.6 Å². The maximum atomic E-state index is 12.4. The molecule has 2 heterocycles. The maximum Gasteiger partial charge on any atom is 0.242 e. The predicted molar refractivity (Wildman–Crippen MR) is 98.5 cm³/mol. The number of halogens is 1. The summed E-state index contributed by atoms with van der Waals surface area (Å²) < 4.78 is 0. The van der Waals surface area contributed by atoms with E-state index in [-0.39, 0.29) is 17.9 Å². The van der Waals surface area contributed by atoms with E-state index in [2.05, 4.69) is 21.6 Å². The number of amides is 2. The van der Waals surface area contributed by atoms with Crippen LogP contribution in [0.15, 0.2) is 24.3 Å². The summed E-state index contributed by atoms with van der Waals surface area (Å²) in [5.41, 5.74) is 1.13. The van der Waals surface area contributed by atoms with Crippen LogP contribution in [0.2, 0.25) is 5.02 Å². The van der Waals surface area contributed by atoms with Gasteiger partial charge in [-0.3, -0.25) is 14.5 Å². The zero-order valence-electron chi connectivity index (χ0n) is 14.5. The summed E-state index contributed by atoms with van der Waals surface area (Å²) in [6.45, 7) is 1.97. The van der Waals surface area contributed by atoms with Crippen LogP contribution in [0.3, 0.4) is 0 Å². The first-order chi connectivity index (χ1) is 12.1. The molecule has 6 heteroatoms. The first-order valence-electron chi connectivity index (χ1n) is 9.18. The van der Waals surface area contributed by atoms with Crippen molar-refractivity contribution >= 4 is 23.4 Å². The fourth-order valence-corrected chi connectivity index (χ4v) is 3.97. The lowest BCUT2D eigenvalue weighted by molar-refractivity contribution is -0.129. The summed E-state index contributed by atoms with van der Waals surface area (Å²) in [6.07, 6.45) is 5.68. The Hall–Kier alpha value is -1.59. The van der Waals surface area contributed by atoms with Crippen molar-refractivity contribution in [3.63, 3.8) is 0 Å². The van der Waals surface area contributed by atoms with E-state index in [1.807, 2.05) is 18.2 Å². The van der Waals surface area contributed by atoms with Gasteiger partial charge in [0.1, 0.15) is 6.04 Å². The molecule has 0 aliphatic carbocycles. The summed E-state index contributed by atoms with van der Waals surface area (Å²) in [7, 11) is 0. The molecule has 2 N–H and O–H groups in total. The topological polar surface area (TPSA) is 61.4 Å². The third-order valence-electron chi connectivity index (χ3n) is 5.13. The van der Waals surface area contributed by atoms with Crippen LogP contribution in [0.5, 0.6) is 0 Å². The van der Waals surface area contributed by atoms with Gasteiger partial charge in [0.2, 0.25) is 11.8 Å². The van der Waals surface area contributed by atoms with Gasteiger partial charge in [-0.05, 0) is 56.7 Å². The van der Waals surface area contributed by atoms with Crippen LogP contribution in [-0.4, -0.2) is 48.4 Å². The van der Waals surface area contributed by atoms with E-state index in [4.69, 9.17) is 11.6 Å². The monoisotopic (exact) mass is 363 g/mol. The lowest BCUT2D eigenvalue weighted by atomic mass is 10.0. The number of rotatable bonds is 5. The van der Waals surface area contributed by atoms with E-state index in [1.165, 1.54) is 0 Å². The van der Waals surface area contributed by atoms with Gasteiger partial charge in [0.15, 0.2) is 0 Å². The minimum Gasteiger partial charge on any atom is -0.354 e. The lowest BCUT2D eigenvalue weighted by Crippen LogP contribution is -2.49. The Labute approximate surface area is 154 Å². The molecule has 0 radical (unpaired) electrons. The predicted octanol–water partition coefficient (Wildman–Crippen LogP) is 2.13. The second-order valence-electron chi connectivity index (χ2n) is 6.97. The zero-order chi connectivity index (χ0) is 17.6. The number of hydrogen-bond acceptors (Lipinski definition) is 3. The summed E-state index contributed by atoms with van der Waals surface area (Å²) in [5, 5.41) is 6.56. The molecular formula is C19H26ClN3O2. The molecule has 1 aromatic rings. The molecule has 2 atom stereocenters. The van der Waals surface area contributed by atoms with Gasteiger partial charge in [-0.1, -0.05) is 29.8 Å². The molecule has 2 aliphatic rings. The van der Waals surface area contributed by atoms with Crippen molar-refractivity contribution in [1.29, 1.82) is 0 Å². The van der Waals surface area contributed by atoms with Gasteiger partial charge in [-0.15, -0.1) is 0 Å². The third kappa shape index (κ3) is 4.95. The number of likely N-dealkylation sites (tertiary alicyclic amines) is 1. The van der Waals surface area contributed by atoms with Crippen LogP contribution in [0.1, 0.15) is 37.7 Å². The Morgan fingerprint density at radius 3 is 2.92 bits per heavy atom. The van der Waals surface area contributed by atoms with Crippen LogP contribution in [0.25, 0.3) is 0 Å². The van der Waals surface area contributed by atoms with Crippen LogP contribution in [0, 0.1) is 0 Å². The zero-order valence-corrected chi connectivity index (χ0v) is 15.2. The van der Waals surface area contributed by atoms with Crippen LogP contribution in [-0.2, 0) is 16.0 Å². The Bertz CT molecular complexity index is 622. The molecule has 2 saturated heterocycles. The highest BCUT2D eigenvalue weighted by atomic mass is 35.5. The highest BCUT2D eigenvalue weighted by Crippen LogP contribution is 2.24. The van der Waals surface area contributed by atoms with Gasteiger partial charge in [0.25, 0.3) is 0 Å². The van der Waals surface area contributed by atoms with Crippen LogP contribution >= 0.6 is 11.6 Å². The number of hydrogen-bond donors (Lipinski definition) is 2. The number of benzene rings is 1. The van der Waals surface area contributed by atoms with Crippen LogP contribution < -0.4 is 10.6 Å². The summed E-state index contributed by atoms with van der Waals surface area (Å²) in [6, 6.07) is 7.83. The number of carbonyl (C=O) groups is 2. The molecule has 2 fully saturated rings. The van der Waals surface area contributed by atoms with Gasteiger partial charge < -0.3 is 10.6 Å². The molecule has 5 nitrogen and oxygen atoms in total. The summed E-state index contributed by atoms with van der Waals surface area (Å²) in [4.78, 5) is 26.6. The first kappa shape index (κ1) is 18.2. The molecular weight excluding hydrogens is 338 g/mol. The fraction of sp³-hybridized carbons (Fsp3) is 0.579. The molecule has 2 aliphatic heterocycles. The van der Waals surface area contributed by atoms with E-state index in [0.29, 0.717) is 19.1 Å². The Balaban J connectivity index is 1.54. The van der Waals surface area contributed by atoms with Gasteiger partial charge in [-0.25, -0.2) is 0 Å². The Morgan fingerprint density at radius 2 is 2.08 bits per heavy atom. The molecule has 2 amide bonds. The first-order valence-corrected chi connectivity index (χ1v) is 9.56. The normalized spacial score (nSPS) is 24.6. The minimum absolute atomic E-state index is 0.0557. The highest BCUT2D eigenvalue weighted by Gasteiger charge is 2.28. The van der Waals surface area contributed by atoms with E-state index in [0.717, 1.165) is 55.7 Å². The molecule has 0 unspecified atom stereocenters. The van der Waals surface area contributed by atoms with E-state index in [1.54, 1.807) is 0 Å². The van der Waals surface area contributed by atoms with Crippen molar-refractivity contribution < 1.29 is 9.59 Å². The third-order valence-corrected chi connectivity index (χ3v) is 5.50. The standard InChI is InChI=1S/C19H26ClN3O2/c20-16-8-2-1-6-14(16)12-15-7-5-11-23(15)13-18(24)22-17-9-3-4-10-21-19(17)25/h1-2,6,8,15,17H,3-5,7,9-13H2,(H,21,25)(H,22,24)/t15-,17+/m1/s1. The SMILES string of the molecule is O=C(CN1CCC[C@@H]1Cc1ccccc1Cl)N[C@H]1CCCCNC1=O. The molecule has 25 heavy (non-hydrogen) atoms. The quantitative estimate of drug-likeness (QED) is 0.842. The van der Waals surface area contributed by atoms with E-state index < -0.39 is 0 Å². The molecule has 0 saturated carbocycles. The van der Waals surface area contributed by atoms with Gasteiger partial charge in [0.05, 0.1) is 6.54 Å². The molecule has 1 aromatic carbocycles. The number of nitrogens with one attached hydrogen (secondary N) is 2. The van der Waals surface area contributed by atoms with Gasteiger partial charge in [-0.2, -0.15) is 0 Å². The van der Waals surface area contributed by atoms with E-state index >= 15 is 0 Å². The molecule has 0 spiro atoms. The average molecular weight is 364 g/mol. The Morgan fingerprint density at radius 1 is 1.24 bits per heavy atom. The summed E-state index contributed by atoms with van der Waals surface area (Å²) in [5.74, 6) is -0.118. The van der Waals surface area contributed by atoms with Gasteiger partial charge >= 0.3 is 0 Å².